The van der Waals surface area contributed by atoms with Gasteiger partial charge in [0.05, 0.1) is 17.7 Å². The number of benzene rings is 4. The molecule has 230 valence electrons. The molecule has 0 aliphatic carbocycles. The van der Waals surface area contributed by atoms with E-state index in [4.69, 9.17) is 4.74 Å². The second-order valence-electron chi connectivity index (χ2n) is 10.3. The van der Waals surface area contributed by atoms with E-state index >= 15 is 0 Å². The normalized spacial score (nSPS) is 11.8. The summed E-state index contributed by atoms with van der Waals surface area (Å²) >= 11 is 0. The molecule has 4 aromatic carbocycles. The van der Waals surface area contributed by atoms with E-state index in [2.05, 4.69) is 5.32 Å². The molecule has 0 spiro atoms. The summed E-state index contributed by atoms with van der Waals surface area (Å²) in [6.07, 6.45) is 0.214. The summed E-state index contributed by atoms with van der Waals surface area (Å²) < 4.78 is 48.0. The Morgan fingerprint density at radius 2 is 1.50 bits per heavy atom. The van der Waals surface area contributed by atoms with Gasteiger partial charge < -0.3 is 15.0 Å². The van der Waals surface area contributed by atoms with E-state index < -0.39 is 34.3 Å². The Bertz CT molecular complexity index is 1650. The second-order valence-corrected chi connectivity index (χ2v) is 12.1. The van der Waals surface area contributed by atoms with Crippen LogP contribution < -0.4 is 14.4 Å². The van der Waals surface area contributed by atoms with Gasteiger partial charge in [0.15, 0.2) is 0 Å². The first-order chi connectivity index (χ1) is 21.1. The predicted octanol–water partition coefficient (Wildman–Crippen LogP) is 5.11. The molecule has 1 N–H and O–H groups in total. The molecule has 4 aromatic rings. The third-order valence-corrected chi connectivity index (χ3v) is 8.92. The average molecular weight is 618 g/mol. The highest BCUT2D eigenvalue weighted by atomic mass is 32.2. The third-order valence-electron chi connectivity index (χ3n) is 7.14. The highest BCUT2D eigenvalue weighted by molar-refractivity contribution is 7.92. The molecule has 0 aromatic heterocycles. The Kier molecular flexibility index (Phi) is 10.7. The first kappa shape index (κ1) is 32.2. The van der Waals surface area contributed by atoms with E-state index in [9.17, 15) is 22.4 Å². The molecule has 4 rings (SSSR count). The van der Waals surface area contributed by atoms with Gasteiger partial charge in [0, 0.05) is 19.5 Å². The maximum absolute atomic E-state index is 14.3. The fraction of sp³-hybridized carbons (Fsp3) is 0.235. The van der Waals surface area contributed by atoms with Gasteiger partial charge in [-0.2, -0.15) is 0 Å². The van der Waals surface area contributed by atoms with Crippen LogP contribution in [0.1, 0.15) is 23.6 Å². The molecule has 0 saturated heterocycles. The molecule has 0 radical (unpaired) electrons. The minimum atomic E-state index is -4.31. The first-order valence-corrected chi connectivity index (χ1v) is 15.7. The van der Waals surface area contributed by atoms with E-state index in [-0.39, 0.29) is 29.5 Å². The van der Waals surface area contributed by atoms with Gasteiger partial charge in [0.1, 0.15) is 24.2 Å². The van der Waals surface area contributed by atoms with Gasteiger partial charge in [0.25, 0.3) is 10.0 Å². The Hall–Kier alpha value is -4.70. The predicted molar refractivity (Wildman–Crippen MR) is 168 cm³/mol. The minimum absolute atomic E-state index is 0.0631. The van der Waals surface area contributed by atoms with Gasteiger partial charge in [-0.3, -0.25) is 13.9 Å². The van der Waals surface area contributed by atoms with Crippen molar-refractivity contribution in [2.24, 2.45) is 0 Å². The molecular weight excluding hydrogens is 581 g/mol. The van der Waals surface area contributed by atoms with Crippen LogP contribution in [0, 0.1) is 12.7 Å². The summed E-state index contributed by atoms with van der Waals surface area (Å²) in [6, 6.07) is 26.6. The summed E-state index contributed by atoms with van der Waals surface area (Å²) in [5.74, 6) is -1.05. The fourth-order valence-electron chi connectivity index (χ4n) is 4.75. The summed E-state index contributed by atoms with van der Waals surface area (Å²) in [6.45, 7) is 3.53. The van der Waals surface area contributed by atoms with E-state index in [1.165, 1.54) is 48.4 Å². The number of carbonyl (C=O) groups is 2. The number of nitrogens with one attached hydrogen (secondary N) is 1. The lowest BCUT2D eigenvalue weighted by atomic mass is 10.0. The van der Waals surface area contributed by atoms with Gasteiger partial charge in [-0.15, -0.1) is 0 Å². The number of likely N-dealkylation sites (N-methyl/N-ethyl adjacent to an activating group) is 1. The van der Waals surface area contributed by atoms with Gasteiger partial charge in [0.2, 0.25) is 11.8 Å². The van der Waals surface area contributed by atoms with Crippen LogP contribution in [0.25, 0.3) is 0 Å². The number of rotatable bonds is 13. The molecular formula is C34H36FN3O5S. The van der Waals surface area contributed by atoms with E-state index in [0.29, 0.717) is 12.3 Å². The van der Waals surface area contributed by atoms with E-state index in [1.54, 1.807) is 6.92 Å². The molecule has 0 heterocycles. The summed E-state index contributed by atoms with van der Waals surface area (Å²) in [4.78, 5) is 29.2. The molecule has 0 aliphatic rings. The van der Waals surface area contributed by atoms with Crippen molar-refractivity contribution in [1.82, 2.24) is 10.2 Å². The van der Waals surface area contributed by atoms with E-state index in [0.717, 1.165) is 33.1 Å². The maximum Gasteiger partial charge on any atom is 0.264 e. The summed E-state index contributed by atoms with van der Waals surface area (Å²) in [5, 5.41) is 2.84. The Morgan fingerprint density at radius 3 is 2.09 bits per heavy atom. The quantitative estimate of drug-likeness (QED) is 0.225. The molecule has 0 saturated carbocycles. The van der Waals surface area contributed by atoms with Crippen molar-refractivity contribution in [2.45, 2.75) is 37.8 Å². The van der Waals surface area contributed by atoms with Crippen LogP contribution >= 0.6 is 0 Å². The molecule has 2 amide bonds. The van der Waals surface area contributed by atoms with Gasteiger partial charge in [-0.05, 0) is 73.5 Å². The number of aryl methyl sites for hydroxylation is 1. The first-order valence-electron chi connectivity index (χ1n) is 14.2. The zero-order valence-electron chi connectivity index (χ0n) is 24.9. The largest absolute Gasteiger partial charge is 0.497 e. The van der Waals surface area contributed by atoms with Crippen molar-refractivity contribution >= 4 is 27.5 Å². The Balaban J connectivity index is 1.78. The van der Waals surface area contributed by atoms with Crippen LogP contribution in [-0.4, -0.2) is 51.4 Å². The highest BCUT2D eigenvalue weighted by Crippen LogP contribution is 2.26. The number of amides is 2. The lowest BCUT2D eigenvalue weighted by Crippen LogP contribution is -2.53. The molecule has 1 atom stereocenters. The van der Waals surface area contributed by atoms with Gasteiger partial charge in [-0.1, -0.05) is 60.2 Å². The lowest BCUT2D eigenvalue weighted by molar-refractivity contribution is -0.140. The molecule has 0 fully saturated rings. The number of hydrogen-bond acceptors (Lipinski definition) is 5. The van der Waals surface area contributed by atoms with Gasteiger partial charge in [-0.25, -0.2) is 12.8 Å². The lowest BCUT2D eigenvalue weighted by Gasteiger charge is -2.33. The van der Waals surface area contributed by atoms with Crippen molar-refractivity contribution < 1.29 is 27.1 Å². The molecule has 8 nitrogen and oxygen atoms in total. The van der Waals surface area contributed by atoms with Crippen molar-refractivity contribution in [3.8, 4) is 5.75 Å². The number of methoxy groups -OCH3 is 1. The van der Waals surface area contributed by atoms with Crippen molar-refractivity contribution in [3.05, 3.63) is 126 Å². The van der Waals surface area contributed by atoms with Gasteiger partial charge >= 0.3 is 0 Å². The van der Waals surface area contributed by atoms with Crippen molar-refractivity contribution in [2.75, 3.05) is 24.5 Å². The SMILES string of the molecule is CCNC(=O)C(Cc1ccccc1)N(Cc1ccc(C)cc1)C(=O)CN(c1ccc(F)cc1)S(=O)(=O)c1ccc(OC)cc1. The molecule has 44 heavy (non-hydrogen) atoms. The van der Waals surface area contributed by atoms with Crippen LogP contribution in [0.4, 0.5) is 10.1 Å². The zero-order chi connectivity index (χ0) is 31.7. The van der Waals surface area contributed by atoms with Crippen LogP contribution in [0.3, 0.4) is 0 Å². The average Bonchev–Trinajstić information content (AvgIpc) is 3.03. The summed E-state index contributed by atoms with van der Waals surface area (Å²) in [5.41, 5.74) is 2.75. The Labute approximate surface area is 258 Å². The summed E-state index contributed by atoms with van der Waals surface area (Å²) in [7, 11) is -2.84. The zero-order valence-corrected chi connectivity index (χ0v) is 25.8. The highest BCUT2D eigenvalue weighted by Gasteiger charge is 2.34. The second kappa shape index (κ2) is 14.7. The number of hydrogen-bond donors (Lipinski definition) is 1. The number of halogens is 1. The third kappa shape index (κ3) is 8.02. The number of ether oxygens (including phenoxy) is 1. The minimum Gasteiger partial charge on any atom is -0.497 e. The van der Waals surface area contributed by atoms with Crippen LogP contribution in [0.15, 0.2) is 108 Å². The number of sulfonamides is 1. The number of nitrogens with zero attached hydrogens (tertiary/aromatic N) is 2. The van der Waals surface area contributed by atoms with Crippen LogP contribution in [0.2, 0.25) is 0 Å². The maximum atomic E-state index is 14.3. The monoisotopic (exact) mass is 617 g/mol. The van der Waals surface area contributed by atoms with E-state index in [1.807, 2.05) is 61.5 Å². The van der Waals surface area contributed by atoms with Crippen molar-refractivity contribution in [3.63, 3.8) is 0 Å². The van der Waals surface area contributed by atoms with Crippen LogP contribution in [0.5, 0.6) is 5.75 Å². The van der Waals surface area contributed by atoms with Crippen molar-refractivity contribution in [1.29, 1.82) is 0 Å². The molecule has 0 bridgehead atoms. The topological polar surface area (TPSA) is 96.0 Å². The Morgan fingerprint density at radius 1 is 0.864 bits per heavy atom. The van der Waals surface area contributed by atoms with Crippen LogP contribution in [-0.2, 0) is 32.6 Å². The molecule has 10 heteroatoms. The fourth-order valence-corrected chi connectivity index (χ4v) is 6.16. The number of carbonyl (C=O) groups excluding carboxylic acids is 2. The molecule has 0 aliphatic heterocycles. The standard InChI is InChI=1S/C34H36FN3O5S/c1-4-36-34(40)32(22-26-8-6-5-7-9-26)37(23-27-12-10-25(2)11-13-27)33(39)24-38(29-16-14-28(35)15-17-29)44(41,42)31-20-18-30(43-3)19-21-31/h5-21,32H,4,22-24H2,1-3H3,(H,36,40). The smallest absolute Gasteiger partial charge is 0.264 e. The molecule has 1 unspecified atom stereocenters. The number of anilines is 1.